The highest BCUT2D eigenvalue weighted by molar-refractivity contribution is 5.79. The number of carbonyl (C=O) groups is 2. The molecule has 1 aliphatic rings. The van der Waals surface area contributed by atoms with Gasteiger partial charge in [-0.05, 0) is 57.7 Å². The maximum absolute atomic E-state index is 13.3. The number of nitrogens with one attached hydrogen (secondary N) is 1. The molecule has 176 valence electrons. The monoisotopic (exact) mass is 440 g/mol. The minimum Gasteiger partial charge on any atom is -0.444 e. The highest BCUT2D eigenvalue weighted by atomic mass is 19.1. The van der Waals surface area contributed by atoms with Crippen LogP contribution in [0.25, 0.3) is 0 Å². The van der Waals surface area contributed by atoms with Crippen molar-refractivity contribution in [2.24, 2.45) is 5.92 Å². The predicted molar refractivity (Wildman–Crippen MR) is 117 cm³/mol. The fourth-order valence-electron chi connectivity index (χ4n) is 3.71. The number of benzene rings is 1. The zero-order chi connectivity index (χ0) is 23.6. The molecule has 2 N–H and O–H groups in total. The Morgan fingerprint density at radius 3 is 2.58 bits per heavy atom. The number of likely N-dealkylation sites (tertiary alicyclic amines) is 1. The van der Waals surface area contributed by atoms with Gasteiger partial charge in [0.1, 0.15) is 11.4 Å². The Balaban J connectivity index is 0.00000233. The summed E-state index contributed by atoms with van der Waals surface area (Å²) >= 11 is 0. The molecule has 7 nitrogen and oxygen atoms in total. The van der Waals surface area contributed by atoms with E-state index in [0.717, 1.165) is 25.5 Å². The van der Waals surface area contributed by atoms with Gasteiger partial charge < -0.3 is 24.8 Å². The molecule has 8 heteroatoms. The van der Waals surface area contributed by atoms with E-state index in [9.17, 15) is 14.0 Å². The molecule has 1 fully saturated rings. The summed E-state index contributed by atoms with van der Waals surface area (Å²) in [5.74, 6) is -0.880. The SMILES string of the molecule is CO.COC(C(C)C(=O)NCCc1cccc(F)c1)C1CCCN1C(=O)OC(C)(C)C. The maximum atomic E-state index is 13.3. The third kappa shape index (κ3) is 8.45. The molecule has 3 atom stereocenters. The standard InChI is InChI=1S/C22H33FN2O4.CH4O/c1-15(20(26)24-12-11-16-8-6-9-17(23)14-16)19(28-5)18-10-7-13-25(18)21(27)29-22(2,3)4;1-2/h6,8-9,14-15,18-19H,7,10-13H2,1-5H3,(H,24,26);2H,1H3. The number of amides is 2. The molecule has 0 bridgehead atoms. The van der Waals surface area contributed by atoms with Gasteiger partial charge in [0.25, 0.3) is 0 Å². The van der Waals surface area contributed by atoms with Crippen molar-refractivity contribution in [2.75, 3.05) is 27.3 Å². The van der Waals surface area contributed by atoms with Gasteiger partial charge in [0.15, 0.2) is 0 Å². The van der Waals surface area contributed by atoms with E-state index in [1.165, 1.54) is 12.1 Å². The van der Waals surface area contributed by atoms with Crippen molar-refractivity contribution in [1.82, 2.24) is 10.2 Å². The average molecular weight is 441 g/mol. The summed E-state index contributed by atoms with van der Waals surface area (Å²) < 4.78 is 24.4. The van der Waals surface area contributed by atoms with Gasteiger partial charge in [-0.15, -0.1) is 0 Å². The van der Waals surface area contributed by atoms with Crippen LogP contribution in [0.4, 0.5) is 9.18 Å². The zero-order valence-electron chi connectivity index (χ0n) is 19.5. The molecule has 3 unspecified atom stereocenters. The molecule has 31 heavy (non-hydrogen) atoms. The summed E-state index contributed by atoms with van der Waals surface area (Å²) in [6, 6.07) is 6.13. The molecule has 1 aromatic carbocycles. The molecule has 0 aromatic heterocycles. The molecule has 0 aliphatic carbocycles. The second kappa shape index (κ2) is 12.6. The van der Waals surface area contributed by atoms with Crippen molar-refractivity contribution in [3.63, 3.8) is 0 Å². The number of hydrogen-bond donors (Lipinski definition) is 2. The van der Waals surface area contributed by atoms with Gasteiger partial charge in [-0.25, -0.2) is 9.18 Å². The fraction of sp³-hybridized carbons (Fsp3) is 0.652. The molecular weight excluding hydrogens is 403 g/mol. The van der Waals surface area contributed by atoms with E-state index in [4.69, 9.17) is 14.6 Å². The second-order valence-electron chi connectivity index (χ2n) is 8.54. The van der Waals surface area contributed by atoms with E-state index in [1.807, 2.05) is 26.8 Å². The highest BCUT2D eigenvalue weighted by Gasteiger charge is 2.41. The van der Waals surface area contributed by atoms with Crippen LogP contribution in [0.2, 0.25) is 0 Å². The number of halogens is 1. The predicted octanol–water partition coefficient (Wildman–Crippen LogP) is 3.14. The Hall–Kier alpha value is -2.19. The molecule has 1 aromatic rings. The van der Waals surface area contributed by atoms with E-state index in [0.29, 0.717) is 19.5 Å². The Bertz CT molecular complexity index is 707. The van der Waals surface area contributed by atoms with Gasteiger partial charge in [-0.1, -0.05) is 19.1 Å². The van der Waals surface area contributed by atoms with Gasteiger partial charge in [-0.3, -0.25) is 4.79 Å². The molecule has 1 aliphatic heterocycles. The van der Waals surface area contributed by atoms with Crippen LogP contribution in [0.1, 0.15) is 46.1 Å². The number of carbonyl (C=O) groups excluding carboxylic acids is 2. The van der Waals surface area contributed by atoms with Crippen LogP contribution >= 0.6 is 0 Å². The van der Waals surface area contributed by atoms with E-state index in [2.05, 4.69) is 5.32 Å². The first-order valence-corrected chi connectivity index (χ1v) is 10.6. The molecule has 2 rings (SSSR count). The van der Waals surface area contributed by atoms with Crippen LogP contribution in [0.15, 0.2) is 24.3 Å². The van der Waals surface area contributed by atoms with Crippen molar-refractivity contribution in [3.05, 3.63) is 35.6 Å². The Morgan fingerprint density at radius 1 is 1.32 bits per heavy atom. The largest absolute Gasteiger partial charge is 0.444 e. The number of nitrogens with zero attached hydrogens (tertiary/aromatic N) is 1. The summed E-state index contributed by atoms with van der Waals surface area (Å²) in [5.41, 5.74) is 0.250. The maximum Gasteiger partial charge on any atom is 0.410 e. The molecular formula is C23H37FN2O5. The van der Waals surface area contributed by atoms with E-state index in [1.54, 1.807) is 25.0 Å². The van der Waals surface area contributed by atoms with Crippen LogP contribution in [0.5, 0.6) is 0 Å². The van der Waals surface area contributed by atoms with Crippen LogP contribution < -0.4 is 5.32 Å². The lowest BCUT2D eigenvalue weighted by Gasteiger charge is -2.34. The smallest absolute Gasteiger partial charge is 0.410 e. The zero-order valence-corrected chi connectivity index (χ0v) is 19.5. The first kappa shape index (κ1) is 26.8. The van der Waals surface area contributed by atoms with Gasteiger partial charge in [-0.2, -0.15) is 0 Å². The number of aliphatic hydroxyl groups excluding tert-OH is 1. The van der Waals surface area contributed by atoms with Crippen molar-refractivity contribution < 1.29 is 28.6 Å². The molecule has 1 heterocycles. The van der Waals surface area contributed by atoms with E-state index in [-0.39, 0.29) is 23.9 Å². The van der Waals surface area contributed by atoms with Crippen molar-refractivity contribution in [1.29, 1.82) is 0 Å². The Morgan fingerprint density at radius 2 is 2.00 bits per heavy atom. The van der Waals surface area contributed by atoms with Crippen molar-refractivity contribution in [3.8, 4) is 0 Å². The average Bonchev–Trinajstić information content (AvgIpc) is 3.18. The van der Waals surface area contributed by atoms with Crippen LogP contribution in [0, 0.1) is 11.7 Å². The summed E-state index contributed by atoms with van der Waals surface area (Å²) in [6.45, 7) is 8.30. The number of methoxy groups -OCH3 is 1. The normalized spacial score (nSPS) is 17.9. The number of ether oxygens (including phenoxy) is 2. The van der Waals surface area contributed by atoms with Crippen molar-refractivity contribution >= 4 is 12.0 Å². The first-order chi connectivity index (χ1) is 14.6. The molecule has 0 radical (unpaired) electrons. The van der Waals surface area contributed by atoms with Gasteiger partial charge in [0.05, 0.1) is 18.1 Å². The highest BCUT2D eigenvalue weighted by Crippen LogP contribution is 2.28. The number of rotatable bonds is 7. The van der Waals surface area contributed by atoms with Crippen LogP contribution in [-0.2, 0) is 20.7 Å². The fourth-order valence-corrected chi connectivity index (χ4v) is 3.71. The molecule has 2 amide bonds. The Kier molecular flexibility index (Phi) is 10.9. The molecule has 0 spiro atoms. The molecule has 0 saturated carbocycles. The van der Waals surface area contributed by atoms with E-state index < -0.39 is 17.6 Å². The third-order valence-electron chi connectivity index (χ3n) is 5.09. The lowest BCUT2D eigenvalue weighted by Crippen LogP contribution is -2.50. The van der Waals surface area contributed by atoms with Crippen LogP contribution in [0.3, 0.4) is 0 Å². The summed E-state index contributed by atoms with van der Waals surface area (Å²) in [6.07, 6.45) is 1.34. The third-order valence-corrected chi connectivity index (χ3v) is 5.09. The minimum atomic E-state index is -0.577. The van der Waals surface area contributed by atoms with Gasteiger partial charge in [0, 0.05) is 27.3 Å². The lowest BCUT2D eigenvalue weighted by atomic mass is 9.95. The Labute approximate surface area is 184 Å². The second-order valence-corrected chi connectivity index (χ2v) is 8.54. The van der Waals surface area contributed by atoms with Gasteiger partial charge in [0.2, 0.25) is 5.91 Å². The van der Waals surface area contributed by atoms with Crippen LogP contribution in [-0.4, -0.2) is 67.1 Å². The minimum absolute atomic E-state index is 0.149. The quantitative estimate of drug-likeness (QED) is 0.680. The summed E-state index contributed by atoms with van der Waals surface area (Å²) in [4.78, 5) is 26.9. The number of hydrogen-bond acceptors (Lipinski definition) is 5. The van der Waals surface area contributed by atoms with E-state index >= 15 is 0 Å². The van der Waals surface area contributed by atoms with Crippen molar-refractivity contribution in [2.45, 2.75) is 64.7 Å². The topological polar surface area (TPSA) is 88.1 Å². The number of aliphatic hydroxyl groups is 1. The summed E-state index contributed by atoms with van der Waals surface area (Å²) in [7, 11) is 2.56. The summed E-state index contributed by atoms with van der Waals surface area (Å²) in [5, 5.41) is 9.89. The molecule has 1 saturated heterocycles. The van der Waals surface area contributed by atoms with Gasteiger partial charge >= 0.3 is 6.09 Å². The lowest BCUT2D eigenvalue weighted by molar-refractivity contribution is -0.130. The first-order valence-electron chi connectivity index (χ1n) is 10.6.